The third kappa shape index (κ3) is 2.82. The third-order valence-corrected chi connectivity index (χ3v) is 4.50. The standard InChI is InChI=1S/C14H17Cl2NO2/c1-2-14(5-3-4-6-14)13(19)17-11-8-9(15)7-10(16)12(11)18/h7-8,18H,2-6H2,1H3,(H,17,19). The van der Waals surface area contributed by atoms with Crippen molar-refractivity contribution in [1.82, 2.24) is 0 Å². The smallest absolute Gasteiger partial charge is 0.230 e. The summed E-state index contributed by atoms with van der Waals surface area (Å²) in [6.45, 7) is 2.02. The molecule has 0 saturated heterocycles. The molecule has 1 aliphatic carbocycles. The molecule has 1 aromatic rings. The number of carbonyl (C=O) groups is 1. The van der Waals surface area contributed by atoms with E-state index < -0.39 is 0 Å². The largest absolute Gasteiger partial charge is 0.504 e. The van der Waals surface area contributed by atoms with E-state index in [-0.39, 0.29) is 27.8 Å². The second kappa shape index (κ2) is 5.59. The highest BCUT2D eigenvalue weighted by atomic mass is 35.5. The van der Waals surface area contributed by atoms with Crippen molar-refractivity contribution >= 4 is 34.8 Å². The summed E-state index contributed by atoms with van der Waals surface area (Å²) < 4.78 is 0. The molecule has 1 aliphatic rings. The molecule has 3 nitrogen and oxygen atoms in total. The highest BCUT2D eigenvalue weighted by molar-refractivity contribution is 6.36. The van der Waals surface area contributed by atoms with Gasteiger partial charge in [0, 0.05) is 10.4 Å². The fraction of sp³-hybridized carbons (Fsp3) is 0.500. The second-order valence-corrected chi connectivity index (χ2v) is 5.92. The second-order valence-electron chi connectivity index (χ2n) is 5.08. The maximum Gasteiger partial charge on any atom is 0.230 e. The van der Waals surface area contributed by atoms with Crippen LogP contribution in [0, 0.1) is 5.41 Å². The first kappa shape index (κ1) is 14.5. The molecule has 0 aromatic heterocycles. The van der Waals surface area contributed by atoms with Crippen LogP contribution in [0.5, 0.6) is 5.75 Å². The van der Waals surface area contributed by atoms with E-state index in [9.17, 15) is 9.90 Å². The number of rotatable bonds is 3. The van der Waals surface area contributed by atoms with Gasteiger partial charge in [-0.2, -0.15) is 0 Å². The van der Waals surface area contributed by atoms with E-state index in [1.54, 1.807) is 0 Å². The van der Waals surface area contributed by atoms with Crippen molar-refractivity contribution in [1.29, 1.82) is 0 Å². The highest BCUT2D eigenvalue weighted by Gasteiger charge is 2.39. The van der Waals surface area contributed by atoms with Gasteiger partial charge in [-0.05, 0) is 31.4 Å². The molecule has 0 radical (unpaired) electrons. The number of phenols is 1. The van der Waals surface area contributed by atoms with E-state index in [0.29, 0.717) is 5.02 Å². The Bertz CT molecular complexity index is 496. The van der Waals surface area contributed by atoms with Gasteiger partial charge in [-0.25, -0.2) is 0 Å². The summed E-state index contributed by atoms with van der Waals surface area (Å²) >= 11 is 11.7. The van der Waals surface area contributed by atoms with Gasteiger partial charge in [0.15, 0.2) is 5.75 Å². The molecule has 0 spiro atoms. The van der Waals surface area contributed by atoms with Gasteiger partial charge in [-0.1, -0.05) is 43.0 Å². The molecule has 1 aromatic carbocycles. The maximum absolute atomic E-state index is 12.4. The van der Waals surface area contributed by atoms with Gasteiger partial charge in [0.05, 0.1) is 10.7 Å². The molecule has 2 N–H and O–H groups in total. The van der Waals surface area contributed by atoms with Gasteiger partial charge < -0.3 is 10.4 Å². The number of anilines is 1. The van der Waals surface area contributed by atoms with Crippen molar-refractivity contribution in [2.75, 3.05) is 5.32 Å². The average Bonchev–Trinajstić information content (AvgIpc) is 2.85. The first-order valence-corrected chi connectivity index (χ1v) is 7.23. The first-order chi connectivity index (χ1) is 8.98. The molecule has 1 saturated carbocycles. The molecule has 104 valence electrons. The number of hydrogen-bond acceptors (Lipinski definition) is 2. The van der Waals surface area contributed by atoms with Crippen LogP contribution in [-0.4, -0.2) is 11.0 Å². The number of amides is 1. The van der Waals surface area contributed by atoms with Crippen LogP contribution in [0.25, 0.3) is 0 Å². The number of phenolic OH excluding ortho intramolecular Hbond substituents is 1. The summed E-state index contributed by atoms with van der Waals surface area (Å²) in [5.74, 6) is -0.190. The van der Waals surface area contributed by atoms with Gasteiger partial charge in [0.25, 0.3) is 0 Å². The van der Waals surface area contributed by atoms with Crippen LogP contribution in [0.15, 0.2) is 12.1 Å². The van der Waals surface area contributed by atoms with Crippen molar-refractivity contribution in [2.45, 2.75) is 39.0 Å². The zero-order chi connectivity index (χ0) is 14.0. The number of nitrogens with one attached hydrogen (secondary N) is 1. The molecule has 0 heterocycles. The van der Waals surface area contributed by atoms with E-state index in [4.69, 9.17) is 23.2 Å². The zero-order valence-corrected chi connectivity index (χ0v) is 12.3. The Kier molecular flexibility index (Phi) is 4.26. The van der Waals surface area contributed by atoms with Crippen molar-refractivity contribution in [2.24, 2.45) is 5.41 Å². The molecule has 19 heavy (non-hydrogen) atoms. The summed E-state index contributed by atoms with van der Waals surface area (Å²) in [7, 11) is 0. The molecule has 1 amide bonds. The first-order valence-electron chi connectivity index (χ1n) is 6.48. The quantitative estimate of drug-likeness (QED) is 0.801. The molecule has 0 bridgehead atoms. The maximum atomic E-state index is 12.4. The van der Waals surface area contributed by atoms with Crippen LogP contribution in [0.1, 0.15) is 39.0 Å². The number of halogens is 2. The molecule has 0 atom stereocenters. The van der Waals surface area contributed by atoms with Gasteiger partial charge in [0.1, 0.15) is 0 Å². The fourth-order valence-electron chi connectivity index (χ4n) is 2.71. The molecule has 5 heteroatoms. The van der Waals surface area contributed by atoms with Crippen molar-refractivity contribution < 1.29 is 9.90 Å². The summed E-state index contributed by atoms with van der Waals surface area (Å²) in [5, 5.41) is 13.2. The summed E-state index contributed by atoms with van der Waals surface area (Å²) in [5.41, 5.74) is -0.0384. The lowest BCUT2D eigenvalue weighted by Crippen LogP contribution is -2.33. The van der Waals surface area contributed by atoms with Crippen LogP contribution in [-0.2, 0) is 4.79 Å². The van der Waals surface area contributed by atoms with Gasteiger partial charge in [0.2, 0.25) is 5.91 Å². The lowest BCUT2D eigenvalue weighted by molar-refractivity contribution is -0.125. The Labute approximate surface area is 122 Å². The number of benzene rings is 1. The number of aromatic hydroxyl groups is 1. The number of hydrogen-bond donors (Lipinski definition) is 2. The molecule has 2 rings (SSSR count). The fourth-order valence-corrected chi connectivity index (χ4v) is 3.20. The predicted molar refractivity (Wildman–Crippen MR) is 77.9 cm³/mol. The van der Waals surface area contributed by atoms with Gasteiger partial charge >= 0.3 is 0 Å². The SMILES string of the molecule is CCC1(C(=O)Nc2cc(Cl)cc(Cl)c2O)CCCC1. The topological polar surface area (TPSA) is 49.3 Å². The van der Waals surface area contributed by atoms with E-state index in [0.717, 1.165) is 32.1 Å². The van der Waals surface area contributed by atoms with Crippen LogP contribution in [0.3, 0.4) is 0 Å². The minimum Gasteiger partial charge on any atom is -0.504 e. The third-order valence-electron chi connectivity index (χ3n) is 4.00. The van der Waals surface area contributed by atoms with Crippen molar-refractivity contribution in [3.63, 3.8) is 0 Å². The summed E-state index contributed by atoms with van der Waals surface area (Å²) in [4.78, 5) is 12.4. The minimum absolute atomic E-state index is 0.0545. The zero-order valence-electron chi connectivity index (χ0n) is 10.8. The monoisotopic (exact) mass is 301 g/mol. The molecule has 1 fully saturated rings. The van der Waals surface area contributed by atoms with Crippen molar-refractivity contribution in [3.05, 3.63) is 22.2 Å². The van der Waals surface area contributed by atoms with Gasteiger partial charge in [-0.3, -0.25) is 4.79 Å². The van der Waals surface area contributed by atoms with Crippen LogP contribution in [0.4, 0.5) is 5.69 Å². The Balaban J connectivity index is 2.24. The van der Waals surface area contributed by atoms with Crippen LogP contribution >= 0.6 is 23.2 Å². The predicted octanol–water partition coefficient (Wildman–Crippen LogP) is 4.61. The number of carbonyl (C=O) groups excluding carboxylic acids is 1. The van der Waals surface area contributed by atoms with Gasteiger partial charge in [-0.15, -0.1) is 0 Å². The van der Waals surface area contributed by atoms with E-state index in [2.05, 4.69) is 5.32 Å². The van der Waals surface area contributed by atoms with Crippen LogP contribution in [0.2, 0.25) is 10.0 Å². The Hall–Kier alpha value is -0.930. The lowest BCUT2D eigenvalue weighted by Gasteiger charge is -2.26. The molecular weight excluding hydrogens is 285 g/mol. The summed E-state index contributed by atoms with van der Waals surface area (Å²) in [6, 6.07) is 2.96. The highest BCUT2D eigenvalue weighted by Crippen LogP contribution is 2.43. The molecule has 0 aliphatic heterocycles. The minimum atomic E-state index is -0.318. The van der Waals surface area contributed by atoms with E-state index >= 15 is 0 Å². The molecule has 0 unspecified atom stereocenters. The Morgan fingerprint density at radius 1 is 1.37 bits per heavy atom. The van der Waals surface area contributed by atoms with E-state index in [1.807, 2.05) is 6.92 Å². The van der Waals surface area contributed by atoms with Crippen molar-refractivity contribution in [3.8, 4) is 5.75 Å². The lowest BCUT2D eigenvalue weighted by atomic mass is 9.82. The summed E-state index contributed by atoms with van der Waals surface area (Å²) in [6.07, 6.45) is 4.73. The Morgan fingerprint density at radius 2 is 2.00 bits per heavy atom. The molecular formula is C14H17Cl2NO2. The Morgan fingerprint density at radius 3 is 2.58 bits per heavy atom. The average molecular weight is 302 g/mol. The van der Waals surface area contributed by atoms with Crippen LogP contribution < -0.4 is 5.32 Å². The van der Waals surface area contributed by atoms with E-state index in [1.165, 1.54) is 12.1 Å². The normalized spacial score (nSPS) is 17.4.